The Kier molecular flexibility index (Phi) is 4.77. The van der Waals surface area contributed by atoms with Crippen LogP contribution >= 0.6 is 0 Å². The number of benzene rings is 3. The molecule has 3 aromatic carbocycles. The summed E-state index contributed by atoms with van der Waals surface area (Å²) in [6, 6.07) is 27.7. The molecule has 1 aliphatic heterocycles. The van der Waals surface area contributed by atoms with Crippen molar-refractivity contribution < 1.29 is 9.59 Å². The Morgan fingerprint density at radius 1 is 0.645 bits per heavy atom. The molecule has 1 aromatic heterocycles. The molecule has 2 amide bonds. The summed E-state index contributed by atoms with van der Waals surface area (Å²) in [7, 11) is 0. The lowest BCUT2D eigenvalue weighted by molar-refractivity contribution is 0.0980. The lowest BCUT2D eigenvalue weighted by Gasteiger charge is -2.26. The highest BCUT2D eigenvalue weighted by atomic mass is 16.2. The van der Waals surface area contributed by atoms with Gasteiger partial charge >= 0.3 is 0 Å². The van der Waals surface area contributed by atoms with Gasteiger partial charge in [0.05, 0.1) is 29.8 Å². The van der Waals surface area contributed by atoms with Crippen LogP contribution in [-0.4, -0.2) is 16.8 Å². The van der Waals surface area contributed by atoms with Gasteiger partial charge in [0.2, 0.25) is 0 Å². The third-order valence-electron chi connectivity index (χ3n) is 5.36. The molecule has 0 N–H and O–H groups in total. The van der Waals surface area contributed by atoms with Crippen LogP contribution in [0.25, 0.3) is 0 Å². The number of para-hydroxylation sites is 2. The topological polar surface area (TPSA) is 53.5 Å². The van der Waals surface area contributed by atoms with Crippen molar-refractivity contribution in [1.29, 1.82) is 0 Å². The molecule has 31 heavy (non-hydrogen) atoms. The molecule has 0 spiro atoms. The van der Waals surface area contributed by atoms with Gasteiger partial charge in [0.25, 0.3) is 11.8 Å². The van der Waals surface area contributed by atoms with Crippen LogP contribution in [0.2, 0.25) is 0 Å². The molecule has 0 saturated heterocycles. The first-order chi connectivity index (χ1) is 15.2. The van der Waals surface area contributed by atoms with Gasteiger partial charge in [-0.15, -0.1) is 0 Å². The Balaban J connectivity index is 1.70. The fourth-order valence-corrected chi connectivity index (χ4v) is 3.86. The lowest BCUT2D eigenvalue weighted by Crippen LogP contribution is -2.30. The first-order valence-electron chi connectivity index (χ1n) is 10.0. The number of rotatable bonds is 2. The number of hydrogen-bond donors (Lipinski definition) is 0. The first-order valence-corrected chi connectivity index (χ1v) is 10.0. The van der Waals surface area contributed by atoms with E-state index in [0.29, 0.717) is 34.7 Å². The highest BCUT2D eigenvalue weighted by Crippen LogP contribution is 2.41. The Hall–Kier alpha value is -4.25. The number of nitrogens with zero attached hydrogens (tertiary/aromatic N) is 3. The van der Waals surface area contributed by atoms with Crippen LogP contribution < -0.4 is 9.80 Å². The maximum atomic E-state index is 13.6. The summed E-state index contributed by atoms with van der Waals surface area (Å²) in [5.41, 5.74) is 4.00. The van der Waals surface area contributed by atoms with Crippen molar-refractivity contribution in [1.82, 2.24) is 4.98 Å². The molecule has 0 unspecified atom stereocenters. The van der Waals surface area contributed by atoms with Gasteiger partial charge in [-0.25, -0.2) is 0 Å². The zero-order chi connectivity index (χ0) is 21.2. The average molecular weight is 405 g/mol. The van der Waals surface area contributed by atoms with E-state index in [1.54, 1.807) is 46.5 Å². The second-order valence-electron chi connectivity index (χ2n) is 7.26. The fraction of sp³-hybridized carbons (Fsp3) is 0.0385. The molecule has 0 saturated carbocycles. The molecule has 0 atom stereocenters. The summed E-state index contributed by atoms with van der Waals surface area (Å²) in [6.45, 7) is 0.334. The van der Waals surface area contributed by atoms with Gasteiger partial charge in [0, 0.05) is 17.3 Å². The van der Waals surface area contributed by atoms with Crippen LogP contribution in [-0.2, 0) is 6.54 Å². The van der Waals surface area contributed by atoms with Crippen LogP contribution in [0.15, 0.2) is 103 Å². The van der Waals surface area contributed by atoms with Crippen LogP contribution in [0.5, 0.6) is 0 Å². The van der Waals surface area contributed by atoms with Crippen molar-refractivity contribution in [2.75, 3.05) is 9.80 Å². The predicted molar refractivity (Wildman–Crippen MR) is 121 cm³/mol. The van der Waals surface area contributed by atoms with E-state index < -0.39 is 0 Å². The highest BCUT2D eigenvalue weighted by molar-refractivity contribution is 6.16. The van der Waals surface area contributed by atoms with Crippen LogP contribution in [0.1, 0.15) is 26.3 Å². The van der Waals surface area contributed by atoms with Crippen molar-refractivity contribution in [3.8, 4) is 0 Å². The van der Waals surface area contributed by atoms with Crippen LogP contribution in [0.4, 0.5) is 17.1 Å². The quantitative estimate of drug-likeness (QED) is 0.459. The zero-order valence-corrected chi connectivity index (χ0v) is 16.7. The molecule has 4 aromatic rings. The van der Waals surface area contributed by atoms with E-state index in [1.807, 2.05) is 66.7 Å². The Bertz CT molecular complexity index is 1260. The summed E-state index contributed by atoms with van der Waals surface area (Å²) >= 11 is 0. The minimum atomic E-state index is -0.170. The number of fused-ring (bicyclic) bond motifs is 2. The summed E-state index contributed by atoms with van der Waals surface area (Å²) in [4.78, 5) is 34.7. The van der Waals surface area contributed by atoms with Gasteiger partial charge in [-0.1, -0.05) is 48.5 Å². The summed E-state index contributed by atoms with van der Waals surface area (Å²) in [5, 5.41) is 0. The average Bonchev–Trinajstić information content (AvgIpc) is 2.99. The van der Waals surface area contributed by atoms with Crippen molar-refractivity contribution in [3.05, 3.63) is 120 Å². The predicted octanol–water partition coefficient (Wildman–Crippen LogP) is 5.22. The standard InChI is InChI=1S/C26H19N3O2/c30-25(19-9-3-1-4-10-19)28-18-21-15-16-27-17-24(21)29(23-14-8-7-13-22(23)28)26(31)20-11-5-2-6-12-20/h1-17H,18H2. The Morgan fingerprint density at radius 3 is 1.90 bits per heavy atom. The molecule has 5 heteroatoms. The number of carbonyl (C=O) groups is 2. The van der Waals surface area contributed by atoms with Crippen molar-refractivity contribution in [2.24, 2.45) is 0 Å². The third-order valence-corrected chi connectivity index (χ3v) is 5.36. The number of amides is 2. The molecular weight excluding hydrogens is 386 g/mol. The van der Waals surface area contributed by atoms with E-state index in [2.05, 4.69) is 4.98 Å². The largest absolute Gasteiger partial charge is 0.302 e. The minimum absolute atomic E-state index is 0.121. The number of pyridine rings is 1. The van der Waals surface area contributed by atoms with Gasteiger partial charge < -0.3 is 4.90 Å². The molecule has 5 rings (SSSR count). The SMILES string of the molecule is O=C(c1ccccc1)N1Cc2ccncc2N(C(=O)c2ccccc2)c2ccccc21. The molecule has 0 bridgehead atoms. The van der Waals surface area contributed by atoms with Gasteiger partial charge in [0.15, 0.2) is 0 Å². The van der Waals surface area contributed by atoms with E-state index in [1.165, 1.54) is 0 Å². The molecule has 0 aliphatic carbocycles. The van der Waals surface area contributed by atoms with Gasteiger partial charge in [0.1, 0.15) is 0 Å². The monoisotopic (exact) mass is 405 g/mol. The number of aromatic nitrogens is 1. The molecule has 150 valence electrons. The van der Waals surface area contributed by atoms with Gasteiger partial charge in [-0.2, -0.15) is 0 Å². The van der Waals surface area contributed by atoms with E-state index in [4.69, 9.17) is 0 Å². The number of carbonyl (C=O) groups excluding carboxylic acids is 2. The summed E-state index contributed by atoms with van der Waals surface area (Å²) in [5.74, 6) is -0.291. The minimum Gasteiger partial charge on any atom is -0.302 e. The first kappa shape index (κ1) is 18.8. The fourth-order valence-electron chi connectivity index (χ4n) is 3.86. The molecular formula is C26H19N3O2. The molecule has 5 nitrogen and oxygen atoms in total. The van der Waals surface area contributed by atoms with Crippen LogP contribution in [0.3, 0.4) is 0 Å². The van der Waals surface area contributed by atoms with E-state index in [-0.39, 0.29) is 11.8 Å². The zero-order valence-electron chi connectivity index (χ0n) is 16.7. The van der Waals surface area contributed by atoms with Crippen LogP contribution in [0, 0.1) is 0 Å². The van der Waals surface area contributed by atoms with E-state index >= 15 is 0 Å². The molecule has 2 heterocycles. The number of anilines is 3. The summed E-state index contributed by atoms with van der Waals surface area (Å²) in [6.07, 6.45) is 3.37. The maximum Gasteiger partial charge on any atom is 0.262 e. The van der Waals surface area contributed by atoms with E-state index in [9.17, 15) is 9.59 Å². The Morgan fingerprint density at radius 2 is 1.23 bits per heavy atom. The molecule has 0 fully saturated rings. The third kappa shape index (κ3) is 3.36. The highest BCUT2D eigenvalue weighted by Gasteiger charge is 2.32. The molecule has 0 radical (unpaired) electrons. The normalized spacial score (nSPS) is 12.5. The lowest BCUT2D eigenvalue weighted by atomic mass is 10.1. The second-order valence-corrected chi connectivity index (χ2v) is 7.26. The van der Waals surface area contributed by atoms with Crippen molar-refractivity contribution in [2.45, 2.75) is 6.54 Å². The van der Waals surface area contributed by atoms with E-state index in [0.717, 1.165) is 5.56 Å². The summed E-state index contributed by atoms with van der Waals surface area (Å²) < 4.78 is 0. The van der Waals surface area contributed by atoms with Gasteiger partial charge in [-0.05, 0) is 48.0 Å². The van der Waals surface area contributed by atoms with Gasteiger partial charge in [-0.3, -0.25) is 19.5 Å². The maximum absolute atomic E-state index is 13.6. The number of hydrogen-bond acceptors (Lipinski definition) is 3. The van der Waals surface area contributed by atoms with Crippen molar-refractivity contribution >= 4 is 28.9 Å². The smallest absolute Gasteiger partial charge is 0.262 e. The Labute approximate surface area is 180 Å². The second kappa shape index (κ2) is 7.88. The molecule has 1 aliphatic rings. The van der Waals surface area contributed by atoms with Crippen molar-refractivity contribution in [3.63, 3.8) is 0 Å².